The molecule has 0 radical (unpaired) electrons. The molecule has 1 unspecified atom stereocenters. The Kier molecular flexibility index (Phi) is 7.92. The number of hydrogen-bond donors (Lipinski definition) is 2. The largest absolute Gasteiger partial charge is 0.417 e. The van der Waals surface area contributed by atoms with Crippen LogP contribution in [0.25, 0.3) is 0 Å². The zero-order valence-corrected chi connectivity index (χ0v) is 21.0. The highest BCUT2D eigenvalue weighted by Crippen LogP contribution is 2.33. The van der Waals surface area contributed by atoms with Gasteiger partial charge in [0.25, 0.3) is 5.91 Å². The predicted octanol–water partition coefficient (Wildman–Crippen LogP) is 4.80. The lowest BCUT2D eigenvalue weighted by Crippen LogP contribution is -2.44. The first kappa shape index (κ1) is 27.0. The van der Waals surface area contributed by atoms with E-state index >= 15 is 0 Å². The molecule has 0 spiro atoms. The summed E-state index contributed by atoms with van der Waals surface area (Å²) in [4.78, 5) is 12.7. The molecule has 3 aromatic carbocycles. The van der Waals surface area contributed by atoms with E-state index in [4.69, 9.17) is 5.26 Å². The molecule has 3 rings (SSSR count). The van der Waals surface area contributed by atoms with Crippen molar-refractivity contribution in [2.24, 2.45) is 0 Å². The van der Waals surface area contributed by atoms with E-state index in [-0.39, 0.29) is 5.69 Å². The molecule has 0 heterocycles. The molecule has 0 aliphatic carbocycles. The van der Waals surface area contributed by atoms with Crippen molar-refractivity contribution in [2.75, 3.05) is 5.32 Å². The quantitative estimate of drug-likeness (QED) is 0.447. The predicted molar refractivity (Wildman–Crippen MR) is 131 cm³/mol. The van der Waals surface area contributed by atoms with Gasteiger partial charge >= 0.3 is 14.9 Å². The molecule has 186 valence electrons. The molecule has 0 bridgehead atoms. The van der Waals surface area contributed by atoms with Crippen LogP contribution in [0.3, 0.4) is 0 Å². The van der Waals surface area contributed by atoms with Crippen molar-refractivity contribution in [3.63, 3.8) is 0 Å². The van der Waals surface area contributed by atoms with Crippen molar-refractivity contribution in [3.05, 3.63) is 94.0 Å². The van der Waals surface area contributed by atoms with Gasteiger partial charge in [-0.15, -0.1) is 0 Å². The molecule has 1 amide bonds. The summed E-state index contributed by atoms with van der Waals surface area (Å²) >= 11 is 0. The van der Waals surface area contributed by atoms with E-state index in [1.165, 1.54) is 13.0 Å². The number of carbonyl (C=O) groups is 1. The van der Waals surface area contributed by atoms with Crippen LogP contribution in [0, 0.1) is 25.2 Å². The highest BCUT2D eigenvalue weighted by atomic mass is 28.3. The number of amides is 1. The number of rotatable bonds is 7. The number of anilines is 1. The zero-order chi connectivity index (χ0) is 26.7. The Morgan fingerprint density at radius 3 is 2.42 bits per heavy atom. The summed E-state index contributed by atoms with van der Waals surface area (Å²) in [6, 6.07) is 17.0. The minimum atomic E-state index is -4.79. The third-order valence-corrected chi connectivity index (χ3v) is 8.00. The molecule has 0 saturated carbocycles. The number of carbonyl (C=O) groups excluding carboxylic acids is 1. The standard InChI is InChI=1S/C27H25F3N2O3Si/c1-17-8-9-18(2)21(12-17)13-19-6-4-5-7-24(19)36(35)16-26(3,34)25(33)32-22-11-10-20(15-31)23(14-22)27(28,29)30/h4-12,14,34H,13,16H2,1-3H3,(H,32,33). The SMILES string of the molecule is Cc1ccc(C)c(Cc2ccccc2[Si](=O)CC(C)(O)C(=O)Nc2ccc(C#N)c(C(F)(F)F)c2)c1. The number of nitrogens with one attached hydrogen (secondary N) is 1. The van der Waals surface area contributed by atoms with Crippen LogP contribution in [0.1, 0.15) is 40.3 Å². The van der Waals surface area contributed by atoms with E-state index in [1.807, 2.05) is 38.1 Å². The van der Waals surface area contributed by atoms with E-state index in [1.54, 1.807) is 12.1 Å². The fraction of sp³-hybridized carbons (Fsp3) is 0.259. The minimum absolute atomic E-state index is 0.235. The smallest absolute Gasteiger partial charge is 0.382 e. The summed E-state index contributed by atoms with van der Waals surface area (Å²) in [6.07, 6.45) is -4.27. The van der Waals surface area contributed by atoms with Crippen molar-refractivity contribution in [3.8, 4) is 6.07 Å². The Balaban J connectivity index is 1.80. The van der Waals surface area contributed by atoms with Crippen molar-refractivity contribution < 1.29 is 27.5 Å². The average molecular weight is 511 g/mol. The number of alkyl halides is 3. The van der Waals surface area contributed by atoms with Crippen LogP contribution in [0.4, 0.5) is 18.9 Å². The van der Waals surface area contributed by atoms with E-state index < -0.39 is 43.5 Å². The number of halogens is 3. The van der Waals surface area contributed by atoms with Gasteiger partial charge in [-0.3, -0.25) is 4.79 Å². The Labute approximate surface area is 208 Å². The number of nitriles is 1. The van der Waals surface area contributed by atoms with Crippen molar-refractivity contribution in [1.29, 1.82) is 5.26 Å². The van der Waals surface area contributed by atoms with Gasteiger partial charge < -0.3 is 14.9 Å². The van der Waals surface area contributed by atoms with Crippen molar-refractivity contribution in [2.45, 2.75) is 45.0 Å². The average Bonchev–Trinajstić information content (AvgIpc) is 2.80. The molecule has 5 nitrogen and oxygen atoms in total. The first-order valence-corrected chi connectivity index (χ1v) is 12.8. The van der Waals surface area contributed by atoms with Gasteiger partial charge in [0.15, 0.2) is 0 Å². The first-order chi connectivity index (χ1) is 16.8. The second kappa shape index (κ2) is 10.6. The summed E-state index contributed by atoms with van der Waals surface area (Å²) in [5.41, 5.74) is -0.0692. The van der Waals surface area contributed by atoms with Crippen LogP contribution in [-0.2, 0) is 21.9 Å². The molecule has 36 heavy (non-hydrogen) atoms. The van der Waals surface area contributed by atoms with Crippen LogP contribution >= 0.6 is 0 Å². The van der Waals surface area contributed by atoms with E-state index in [9.17, 15) is 27.5 Å². The number of aryl methyl sites for hydroxylation is 2. The van der Waals surface area contributed by atoms with Crippen LogP contribution in [-0.4, -0.2) is 25.3 Å². The monoisotopic (exact) mass is 510 g/mol. The summed E-state index contributed by atoms with van der Waals surface area (Å²) in [7, 11) is -2.66. The lowest BCUT2D eigenvalue weighted by molar-refractivity contribution is -0.137. The summed E-state index contributed by atoms with van der Waals surface area (Å²) in [6.45, 7) is 5.15. The van der Waals surface area contributed by atoms with Crippen LogP contribution < -0.4 is 10.5 Å². The highest BCUT2D eigenvalue weighted by molar-refractivity contribution is 6.60. The maximum Gasteiger partial charge on any atom is 0.417 e. The number of benzene rings is 3. The first-order valence-electron chi connectivity index (χ1n) is 11.1. The molecule has 9 heteroatoms. The molecular formula is C27H25F3N2O3Si. The summed E-state index contributed by atoms with van der Waals surface area (Å²) < 4.78 is 53.0. The maximum absolute atomic E-state index is 13.3. The fourth-order valence-electron chi connectivity index (χ4n) is 3.85. The van der Waals surface area contributed by atoms with Gasteiger partial charge in [-0.1, -0.05) is 48.0 Å². The number of aliphatic hydroxyl groups is 1. The molecule has 3 aromatic rings. The molecule has 1 atom stereocenters. The number of nitrogens with zero attached hydrogens (tertiary/aromatic N) is 1. The molecule has 2 N–H and O–H groups in total. The third-order valence-electron chi connectivity index (χ3n) is 5.90. The van der Waals surface area contributed by atoms with Crippen molar-refractivity contribution in [1.82, 2.24) is 0 Å². The normalized spacial score (nSPS) is 12.9. The van der Waals surface area contributed by atoms with Gasteiger partial charge in [0, 0.05) is 16.9 Å². The molecule has 0 aliphatic heterocycles. The van der Waals surface area contributed by atoms with Crippen LogP contribution in [0.2, 0.25) is 6.04 Å². The zero-order valence-electron chi connectivity index (χ0n) is 20.0. The second-order valence-electron chi connectivity index (χ2n) is 8.96. The molecule has 0 aliphatic rings. The molecule has 0 fully saturated rings. The third kappa shape index (κ3) is 6.33. The number of hydrogen-bond acceptors (Lipinski definition) is 4. The molecule has 0 aromatic heterocycles. The van der Waals surface area contributed by atoms with Gasteiger partial charge in [0.05, 0.1) is 17.2 Å². The van der Waals surface area contributed by atoms with Crippen LogP contribution in [0.5, 0.6) is 0 Å². The van der Waals surface area contributed by atoms with Crippen LogP contribution in [0.15, 0.2) is 60.7 Å². The maximum atomic E-state index is 13.3. The summed E-state index contributed by atoms with van der Waals surface area (Å²) in [5, 5.41) is 22.5. The lowest BCUT2D eigenvalue weighted by Gasteiger charge is -2.22. The van der Waals surface area contributed by atoms with Crippen molar-refractivity contribution >= 4 is 25.5 Å². The lowest BCUT2D eigenvalue weighted by atomic mass is 9.99. The Hall–Kier alpha value is -3.61. The van der Waals surface area contributed by atoms with Gasteiger partial charge in [-0.25, -0.2) is 0 Å². The summed E-state index contributed by atoms with van der Waals surface area (Å²) in [5.74, 6) is -0.995. The highest BCUT2D eigenvalue weighted by Gasteiger charge is 2.37. The minimum Gasteiger partial charge on any atom is -0.382 e. The molecular weight excluding hydrogens is 485 g/mol. The van der Waals surface area contributed by atoms with Gasteiger partial charge in [-0.05, 0) is 62.1 Å². The van der Waals surface area contributed by atoms with Gasteiger partial charge in [0.1, 0.15) is 5.60 Å². The van der Waals surface area contributed by atoms with E-state index in [2.05, 4.69) is 11.4 Å². The van der Waals surface area contributed by atoms with E-state index in [0.29, 0.717) is 17.7 Å². The van der Waals surface area contributed by atoms with Gasteiger partial charge in [-0.2, -0.15) is 18.4 Å². The van der Waals surface area contributed by atoms with Gasteiger partial charge in [0.2, 0.25) is 0 Å². The molecule has 0 saturated heterocycles. The fourth-order valence-corrected chi connectivity index (χ4v) is 5.64. The Morgan fingerprint density at radius 1 is 1.06 bits per heavy atom. The Morgan fingerprint density at radius 2 is 1.75 bits per heavy atom. The topological polar surface area (TPSA) is 90.2 Å². The van der Waals surface area contributed by atoms with E-state index in [0.717, 1.165) is 34.4 Å². The Bertz CT molecular complexity index is 1360. The second-order valence-corrected chi connectivity index (χ2v) is 10.7.